The summed E-state index contributed by atoms with van der Waals surface area (Å²) < 4.78 is 74.8. The average Bonchev–Trinajstić information content (AvgIpc) is 1.08. The van der Waals surface area contributed by atoms with E-state index in [1.807, 2.05) is 92.7 Å². The number of aliphatic hydroxyl groups excluding tert-OH is 9. The highest BCUT2D eigenvalue weighted by atomic mass is 19.2. The lowest BCUT2D eigenvalue weighted by Crippen LogP contribution is -2.32. The summed E-state index contributed by atoms with van der Waals surface area (Å²) in [5.74, 6) is -6.47. The van der Waals surface area contributed by atoms with E-state index in [0.29, 0.717) is 104 Å². The van der Waals surface area contributed by atoms with Crippen LogP contribution in [0.3, 0.4) is 0 Å². The second-order valence-corrected chi connectivity index (χ2v) is 30.4. The Morgan fingerprint density at radius 2 is 0.736 bits per heavy atom. The van der Waals surface area contributed by atoms with Gasteiger partial charge in [0.1, 0.15) is 11.6 Å². The third-order valence-electron chi connectivity index (χ3n) is 21.2. The number of nitrogens with one attached hydrogen (secondary N) is 3. The standard InChI is InChI=1S/C28H41F2NO5.2C28H42FNO5/c1-16-9-21-12-23(13-24(29)25(21)30)31-28(35)17(2)7-6-8-20(14-32)27(36-5)19(4)11-18(3)26(34)22(10-16)15-33;1-17-9-21-12-24(29)14-25(13-21)30-28(34)18(2)7-6-8-22(15-31)27(35-5)20(4)11-19(3)26(33)23(10-17)16-32;1-17-11-22-14-24(9-10-25(22)29)30-28(34)18(2)7-6-8-21(15-31)27(35-5)20(4)13-19(3)26(33)23(12-17)16-32/h7,11-13,16,18,20,22,26-27,32-34H,6,8-10,14-15H2,1-5H3,(H,31,35);7,11-14,17,19,22-23,26-27,31-33H,6,8-10,15-16H2,1-5H3,(H,30,34);7,9-10,13-14,17,19,21,23,26-27,31-33H,6,8,11-12,15-16H2,1-5H3,(H,30,34)/b17-7+,19-11+;18-7+,20-11+;18-7+,20-13+/t16-,18+,20-,22-,26-,27+;17-,19+,22-,23-,26-,27+;17-,19+,21-,23-,26-,27+/m111/s1. The largest absolute Gasteiger partial charge is 0.396 e. The van der Waals surface area contributed by atoms with Gasteiger partial charge in [-0.05, 0) is 212 Å². The fourth-order valence-electron chi connectivity index (χ4n) is 15.3. The number of halogens is 4. The molecule has 3 aliphatic heterocycles. The molecule has 6 rings (SSSR count). The lowest BCUT2D eigenvalue weighted by Gasteiger charge is -2.29. The molecular formula is C84H125F4N3O15. The molecule has 0 saturated heterocycles. The highest BCUT2D eigenvalue weighted by Gasteiger charge is 2.33. The minimum absolute atomic E-state index is 0.00580. The number of rotatable bonds is 9. The van der Waals surface area contributed by atoms with Crippen LogP contribution in [0.5, 0.6) is 0 Å². The number of hydrogen-bond acceptors (Lipinski definition) is 15. The number of allylic oxidation sites excluding steroid dienone is 3. The van der Waals surface area contributed by atoms with E-state index in [2.05, 4.69) is 16.0 Å². The van der Waals surface area contributed by atoms with Crippen molar-refractivity contribution in [1.82, 2.24) is 0 Å². The SMILES string of the molecule is CO[C@H]1/C(C)=C/[C@H](C)[C@@H](O)[C@@H](CO)C[C@H](C)Cc2cc(F)cc(c2)NC(=O)/C(C)=C/CC[C@@H]1CO.CO[C@H]1/C(C)=C/[C@H](C)[C@@H](O)[C@@H](CO)C[C@H](C)Cc2cc(cc(F)c2F)NC(=O)/C(C)=C/CC[C@@H]1CO.CO[C@H]1/C(C)=C/[C@H](C)[C@@H](O)[C@@H](CO)C[C@H](C)Cc2cc(ccc2F)NC(=O)/C(C)=C/CC[C@@H]1CO. The average molecular weight is 1490 g/mol. The summed E-state index contributed by atoms with van der Waals surface area (Å²) in [6.45, 7) is 21.4. The minimum Gasteiger partial charge on any atom is -0.396 e. The highest BCUT2D eigenvalue weighted by Crippen LogP contribution is 2.34. The minimum atomic E-state index is -1.05. The molecule has 18 atom stereocenters. The first kappa shape index (κ1) is 92.1. The lowest BCUT2D eigenvalue weighted by molar-refractivity contribution is -0.113. The lowest BCUT2D eigenvalue weighted by atomic mass is 9.82. The number of hydrogen-bond donors (Lipinski definition) is 12. The van der Waals surface area contributed by atoms with Crippen molar-refractivity contribution in [3.63, 3.8) is 0 Å². The predicted octanol–water partition coefficient (Wildman–Crippen LogP) is 12.9. The van der Waals surface area contributed by atoms with E-state index in [1.165, 1.54) is 24.3 Å². The molecule has 106 heavy (non-hydrogen) atoms. The normalized spacial score (nSPS) is 32.6. The summed E-state index contributed by atoms with van der Waals surface area (Å²) in [5.41, 5.74) is 6.58. The van der Waals surface area contributed by atoms with Gasteiger partial charge in [-0.1, -0.05) is 78.0 Å². The zero-order valence-electron chi connectivity index (χ0n) is 65.2. The van der Waals surface area contributed by atoms with Gasteiger partial charge in [0.15, 0.2) is 11.6 Å². The van der Waals surface area contributed by atoms with Gasteiger partial charge in [-0.2, -0.15) is 0 Å². The molecule has 18 nitrogen and oxygen atoms in total. The Balaban J connectivity index is 0.000000336. The van der Waals surface area contributed by atoms with Crippen LogP contribution in [0.25, 0.3) is 0 Å². The molecule has 0 radical (unpaired) electrons. The maximum absolute atomic E-state index is 14.6. The summed E-state index contributed by atoms with van der Waals surface area (Å²) in [6, 6.07) is 11.4. The molecule has 3 amide bonds. The first-order chi connectivity index (χ1) is 50.2. The van der Waals surface area contributed by atoms with Crippen molar-refractivity contribution in [2.45, 2.75) is 197 Å². The molecule has 3 aliphatic rings. The molecule has 22 heteroatoms. The van der Waals surface area contributed by atoms with Crippen molar-refractivity contribution < 1.29 is 92.1 Å². The summed E-state index contributed by atoms with van der Waals surface area (Å²) in [5, 5.41) is 101. The van der Waals surface area contributed by atoms with Gasteiger partial charge >= 0.3 is 0 Å². The van der Waals surface area contributed by atoms with Crippen molar-refractivity contribution in [2.24, 2.45) is 71.0 Å². The molecule has 3 aromatic carbocycles. The zero-order valence-corrected chi connectivity index (χ0v) is 65.2. The second kappa shape index (κ2) is 46.3. The van der Waals surface area contributed by atoms with Gasteiger partial charge in [0.2, 0.25) is 0 Å². The molecule has 594 valence electrons. The molecule has 0 unspecified atom stereocenters. The fourth-order valence-corrected chi connectivity index (χ4v) is 15.3. The number of aliphatic hydroxyl groups is 9. The Kier molecular flexibility index (Phi) is 40.2. The molecule has 3 heterocycles. The maximum atomic E-state index is 14.6. The highest BCUT2D eigenvalue weighted by molar-refractivity contribution is 6.04. The van der Waals surface area contributed by atoms with Gasteiger partial charge in [-0.15, -0.1) is 0 Å². The zero-order chi connectivity index (χ0) is 79.2. The van der Waals surface area contributed by atoms with Gasteiger partial charge in [0.25, 0.3) is 17.7 Å². The molecular weight excluding hydrogens is 1370 g/mol. The fraction of sp³-hybridized carbons (Fsp3) is 0.607. The van der Waals surface area contributed by atoms with Crippen LogP contribution in [0, 0.1) is 94.3 Å². The van der Waals surface area contributed by atoms with Crippen LogP contribution in [0.2, 0.25) is 0 Å². The molecule has 0 aromatic heterocycles. The predicted molar refractivity (Wildman–Crippen MR) is 409 cm³/mol. The van der Waals surface area contributed by atoms with E-state index in [9.17, 15) is 77.9 Å². The van der Waals surface area contributed by atoms with Crippen LogP contribution in [0.4, 0.5) is 34.6 Å². The number of carbonyl (C=O) groups excluding carboxylic acids is 3. The third-order valence-corrected chi connectivity index (χ3v) is 21.2. The van der Waals surface area contributed by atoms with Crippen molar-refractivity contribution in [3.8, 4) is 0 Å². The molecule has 12 N–H and O–H groups in total. The van der Waals surface area contributed by atoms with E-state index in [-0.39, 0.29) is 158 Å². The number of benzene rings is 3. The number of amides is 3. The Bertz CT molecular complexity index is 3450. The molecule has 0 fully saturated rings. The van der Waals surface area contributed by atoms with Crippen LogP contribution in [-0.4, -0.2) is 161 Å². The smallest absolute Gasteiger partial charge is 0.250 e. The number of carbonyl (C=O) groups is 3. The van der Waals surface area contributed by atoms with E-state index in [0.717, 1.165) is 28.3 Å². The van der Waals surface area contributed by atoms with Crippen LogP contribution >= 0.6 is 0 Å². The number of fused-ring (bicyclic) bond motifs is 6. The number of methoxy groups -OCH3 is 3. The Morgan fingerprint density at radius 3 is 1.09 bits per heavy atom. The topological polar surface area (TPSA) is 297 Å². The number of ether oxygens (including phenoxy) is 3. The van der Waals surface area contributed by atoms with Gasteiger partial charge in [0, 0.05) is 154 Å². The molecule has 6 bridgehead atoms. The summed E-state index contributed by atoms with van der Waals surface area (Å²) in [4.78, 5) is 38.0. The monoisotopic (exact) mass is 1490 g/mol. The quantitative estimate of drug-likeness (QED) is 0.0700. The van der Waals surface area contributed by atoms with Gasteiger partial charge in [-0.25, -0.2) is 17.6 Å². The first-order valence-electron chi connectivity index (χ1n) is 37.5. The maximum Gasteiger partial charge on any atom is 0.250 e. The van der Waals surface area contributed by atoms with Gasteiger partial charge in [0.05, 0.1) is 36.6 Å². The van der Waals surface area contributed by atoms with Crippen molar-refractivity contribution >= 4 is 34.8 Å². The van der Waals surface area contributed by atoms with Crippen LogP contribution in [0.15, 0.2) is 118 Å². The van der Waals surface area contributed by atoms with Gasteiger partial charge in [-0.3, -0.25) is 14.4 Å². The van der Waals surface area contributed by atoms with E-state index >= 15 is 0 Å². The molecule has 0 aliphatic carbocycles. The van der Waals surface area contributed by atoms with E-state index < -0.39 is 47.6 Å². The number of anilines is 3. The molecule has 0 spiro atoms. The van der Waals surface area contributed by atoms with Crippen LogP contribution in [0.1, 0.15) is 158 Å². The molecule has 3 aromatic rings. The Hall–Kier alpha value is -6.25. The third kappa shape index (κ3) is 28.6. The van der Waals surface area contributed by atoms with Crippen LogP contribution in [-0.2, 0) is 47.9 Å². The second-order valence-electron chi connectivity index (χ2n) is 30.4. The Morgan fingerprint density at radius 1 is 0.406 bits per heavy atom. The van der Waals surface area contributed by atoms with Crippen LogP contribution < -0.4 is 16.0 Å². The van der Waals surface area contributed by atoms with Gasteiger partial charge < -0.3 is 76.1 Å². The van der Waals surface area contributed by atoms with E-state index in [4.69, 9.17) is 14.2 Å². The summed E-state index contributed by atoms with van der Waals surface area (Å²) in [6.07, 6.45) is 13.7. The van der Waals surface area contributed by atoms with Crippen molar-refractivity contribution in [2.75, 3.05) is 76.9 Å². The Labute approximate surface area is 627 Å². The summed E-state index contributed by atoms with van der Waals surface area (Å²) >= 11 is 0. The van der Waals surface area contributed by atoms with E-state index in [1.54, 1.807) is 66.4 Å². The van der Waals surface area contributed by atoms with Crippen molar-refractivity contribution in [1.29, 1.82) is 0 Å². The summed E-state index contributed by atoms with van der Waals surface area (Å²) in [7, 11) is 4.77. The first-order valence-corrected chi connectivity index (χ1v) is 37.5. The molecule has 0 saturated carbocycles. The van der Waals surface area contributed by atoms with Crippen molar-refractivity contribution in [3.05, 3.63) is 158 Å².